The van der Waals surface area contributed by atoms with Crippen LogP contribution in [0.2, 0.25) is 20.1 Å². The molecule has 20 N–H and O–H groups in total. The number of aromatic nitrogens is 10. The van der Waals surface area contributed by atoms with Gasteiger partial charge in [-0.05, 0) is 183 Å². The van der Waals surface area contributed by atoms with Crippen LogP contribution >= 0.6 is 46.4 Å². The van der Waals surface area contributed by atoms with Crippen LogP contribution < -0.4 is 110 Å². The van der Waals surface area contributed by atoms with Crippen LogP contribution in [-0.2, 0) is 35.2 Å². The van der Waals surface area contributed by atoms with Gasteiger partial charge < -0.3 is 81.8 Å². The van der Waals surface area contributed by atoms with E-state index in [1.807, 2.05) is 75.4 Å². The minimum absolute atomic E-state index is 0.0144. The summed E-state index contributed by atoms with van der Waals surface area (Å²) in [6.07, 6.45) is 6.61. The molecule has 5 saturated carbocycles. The Hall–Kier alpha value is -11.2. The highest BCUT2D eigenvalue weighted by atomic mass is 35.5. The van der Waals surface area contributed by atoms with Crippen molar-refractivity contribution < 1.29 is 39.5 Å². The largest absolute Gasteiger partial charge is 0.391 e. The Bertz CT molecular complexity index is 6840. The van der Waals surface area contributed by atoms with E-state index in [2.05, 4.69) is 48.6 Å². The van der Waals surface area contributed by atoms with Crippen molar-refractivity contribution in [2.75, 3.05) is 119 Å². The summed E-state index contributed by atoms with van der Waals surface area (Å²) in [5.41, 5.74) is 63.1. The molecule has 0 amide bonds. The molecule has 786 valence electrons. The van der Waals surface area contributed by atoms with E-state index in [4.69, 9.17) is 104 Å². The molecule has 10 heterocycles. The van der Waals surface area contributed by atoms with Gasteiger partial charge in [-0.2, -0.15) is 38.1 Å². The molecule has 10 fully saturated rings. The molecule has 0 bridgehead atoms. The van der Waals surface area contributed by atoms with Gasteiger partial charge in [0.2, 0.25) is 41.6 Å². The van der Waals surface area contributed by atoms with Crippen molar-refractivity contribution in [1.82, 2.24) is 47.8 Å². The van der Waals surface area contributed by atoms with E-state index < -0.39 is 69.9 Å². The quantitative estimate of drug-likeness (QED) is 0.0568. The average molecular weight is 2110 g/mol. The lowest BCUT2D eigenvalue weighted by atomic mass is 9.74. The number of hydrogen-bond donors (Lipinski definition) is 10. The van der Waals surface area contributed by atoms with E-state index in [9.17, 15) is 63.5 Å². The Morgan fingerprint density at radius 3 is 0.870 bits per heavy atom. The molecule has 5 aliphatic heterocycles. The Labute approximate surface area is 859 Å². The van der Waals surface area contributed by atoms with Crippen LogP contribution in [0, 0.1) is 56.5 Å². The summed E-state index contributed by atoms with van der Waals surface area (Å²) in [5, 5.41) is 1.04. The number of hydrogen-bond acceptors (Lipinski definition) is 25. The summed E-state index contributed by atoms with van der Waals surface area (Å²) in [7, 11) is 8.26. The van der Waals surface area contributed by atoms with Crippen molar-refractivity contribution in [2.24, 2.45) is 109 Å². The first kappa shape index (κ1) is 108. The molecule has 5 aromatic heterocycles. The number of nitrogens with zero attached hydrogens (tertiary/aromatic N) is 15. The number of rotatable bonds is 10. The van der Waals surface area contributed by atoms with E-state index in [0.29, 0.717) is 157 Å². The smallest absolute Gasteiger partial charge is 0.383 e. The Balaban J connectivity index is 0.000000131. The minimum Gasteiger partial charge on any atom is -0.383 e. The lowest BCUT2D eigenvalue weighted by Gasteiger charge is -2.42. The molecule has 5 saturated heterocycles. The fraction of sp³-hybridized carbons (Fsp3) is 0.515. The Morgan fingerprint density at radius 2 is 0.603 bits per heavy atom. The zero-order valence-corrected chi connectivity index (χ0v) is 85.8. The highest BCUT2D eigenvalue weighted by Crippen LogP contribution is 2.58. The number of halogens is 13. The number of piperidine rings is 5. The second-order valence-corrected chi connectivity index (χ2v) is 43.8. The SMILES string of the molecule is C[C@H]1C[C@@H](N)C2(CCN(c3nc(N)c(-c4ccc(F)c(F)c4)c(=O)n3C)CC2)C1.C[C@H]1C[C@@H](N)C2(CCN(c3nc(N)c(-c4ccccc4)c(=O)n3C)CC2)C1.Cn1c(N2CCC3(CC2)CC(F)(F)C[C@H]3N)nc(N)c(-c2cccc(Cl)c2Cl)c1=O.Cn1c(N2CCC3(CC2)CC(F)(F)C[C@H]3N)nc(N)c(-c2ccccc2)c1=O.Cn1c(N2CCC3(CC2)C[C@@H](C(F)(F)F)C[C@H]3N)nc(N)c(-c2cccc(Cl)c2Cl)c1=O. The first-order valence-corrected chi connectivity index (χ1v) is 51.0. The standard InChI is InChI=1S/C21H24Cl2F3N5O.C21H27F2N5O.C21H29N5O.C20H23Cl2F2N5O.C20H25F2N5O/c1-30-18(32)15(12-3-2-4-13(22)16(12)23)17(28)29-19(30)31-7-5-20(6-8-31)10-11(9-14(20)27)21(24,25)26;1-12-9-16(24)21(11-12)5-7-28(8-6-21)20-26-18(25)17(19(29)27(20)2)13-3-4-14(22)15(23)10-13;1-14-12-16(22)21(13-14)8-10-26(11-9-21)20-24-18(23)17(19(27)25(20)2)15-6-4-3-5-7-15;1-28-17(30)14(11-3-2-4-12(21)15(11)22)16(26)27-18(28)29-7-5-19(6-8-29)10-20(23,24)9-13(19)25;1-26-17(28)15(13-5-3-2-4-6-13)16(24)25-18(26)27-9-7-19(8-10-27)12-20(21,22)11-14(19)23/h2-4,11,14H,5-10,27-28H2,1H3;3-4,10,12,16H,5-9,11,24-25H2,1-2H3;3-7,14,16H,8-13,22-23H2,1-2H3;2-4,13H,5-10,25-26H2,1H3;2-6,14H,7-12,23-24H2,1H3/t11-,14+;12-,16+;14-,16+;13-;14-/m00011/s1. The number of nitrogen functional groups attached to an aromatic ring is 5. The van der Waals surface area contributed by atoms with Gasteiger partial charge in [0, 0.05) is 168 Å². The summed E-state index contributed by atoms with van der Waals surface area (Å²) in [6, 6.07) is 30.9. The molecule has 10 aromatic rings. The van der Waals surface area contributed by atoms with Crippen LogP contribution in [0.5, 0.6) is 0 Å². The molecule has 43 heteroatoms. The molecule has 20 rings (SSSR count). The molecule has 5 aromatic carbocycles. The number of nitrogens with two attached hydrogens (primary N) is 10. The fourth-order valence-corrected chi connectivity index (χ4v) is 25.7. The van der Waals surface area contributed by atoms with E-state index >= 15 is 0 Å². The summed E-state index contributed by atoms with van der Waals surface area (Å²) in [4.78, 5) is 97.6. The van der Waals surface area contributed by atoms with Crippen LogP contribution in [0.1, 0.15) is 142 Å². The average Bonchev–Trinajstić information content (AvgIpc) is 1.42. The number of alkyl halides is 7. The first-order chi connectivity index (χ1) is 68.8. The molecule has 0 unspecified atom stereocenters. The summed E-state index contributed by atoms with van der Waals surface area (Å²) in [5.74, 6) is -4.49. The molecular formula is C103H128Cl4F9N25O5. The van der Waals surface area contributed by atoms with Crippen LogP contribution in [0.3, 0.4) is 0 Å². The van der Waals surface area contributed by atoms with E-state index in [-0.39, 0.29) is 145 Å². The van der Waals surface area contributed by atoms with Crippen molar-refractivity contribution >= 4 is 105 Å². The highest BCUT2D eigenvalue weighted by Gasteiger charge is 2.59. The normalized spacial score (nSPS) is 23.4. The topological polar surface area (TPSA) is 451 Å². The van der Waals surface area contributed by atoms with Crippen LogP contribution in [-0.4, -0.2) is 161 Å². The highest BCUT2D eigenvalue weighted by molar-refractivity contribution is 6.44. The molecule has 5 spiro atoms. The second-order valence-electron chi connectivity index (χ2n) is 42.3. The predicted molar refractivity (Wildman–Crippen MR) is 560 cm³/mol. The van der Waals surface area contributed by atoms with Gasteiger partial charge in [0.25, 0.3) is 27.8 Å². The maximum atomic E-state index is 13.9. The minimum atomic E-state index is -4.23. The monoisotopic (exact) mass is 2110 g/mol. The third kappa shape index (κ3) is 21.1. The maximum Gasteiger partial charge on any atom is 0.391 e. The lowest BCUT2D eigenvalue weighted by molar-refractivity contribution is -0.174. The second kappa shape index (κ2) is 41.7. The van der Waals surface area contributed by atoms with Gasteiger partial charge in [-0.15, -0.1) is 0 Å². The van der Waals surface area contributed by atoms with Gasteiger partial charge in [0.15, 0.2) is 11.6 Å². The van der Waals surface area contributed by atoms with Crippen molar-refractivity contribution in [3.05, 3.63) is 199 Å². The van der Waals surface area contributed by atoms with Crippen molar-refractivity contribution in [2.45, 2.75) is 190 Å². The third-order valence-electron chi connectivity index (χ3n) is 33.1. The molecule has 30 nitrogen and oxygen atoms in total. The van der Waals surface area contributed by atoms with Crippen LogP contribution in [0.15, 0.2) is 139 Å². The van der Waals surface area contributed by atoms with Crippen molar-refractivity contribution in [3.63, 3.8) is 0 Å². The fourth-order valence-electron chi connectivity index (χ4n) is 24.9. The van der Waals surface area contributed by atoms with Gasteiger partial charge in [-0.25, -0.2) is 26.3 Å². The summed E-state index contributed by atoms with van der Waals surface area (Å²) < 4.78 is 129. The molecule has 8 atom stereocenters. The molecule has 5 aliphatic carbocycles. The van der Waals surface area contributed by atoms with Gasteiger partial charge in [0.05, 0.1) is 53.8 Å². The molecule has 146 heavy (non-hydrogen) atoms. The van der Waals surface area contributed by atoms with Crippen molar-refractivity contribution in [1.29, 1.82) is 0 Å². The maximum absolute atomic E-state index is 13.9. The Kier molecular flexibility index (Phi) is 30.8. The first-order valence-electron chi connectivity index (χ1n) is 49.5. The lowest BCUT2D eigenvalue weighted by Crippen LogP contribution is -2.48. The third-order valence-corrected chi connectivity index (χ3v) is 34.8. The summed E-state index contributed by atoms with van der Waals surface area (Å²) in [6.45, 7) is 10.7. The summed E-state index contributed by atoms with van der Waals surface area (Å²) >= 11 is 24.7. The Morgan fingerprint density at radius 1 is 0.329 bits per heavy atom. The molecule has 0 radical (unpaired) electrons. The molecular weight excluding hydrogens is 1980 g/mol. The number of anilines is 10. The van der Waals surface area contributed by atoms with Crippen LogP contribution in [0.4, 0.5) is 98.3 Å². The van der Waals surface area contributed by atoms with E-state index in [1.165, 1.54) is 30.8 Å². The van der Waals surface area contributed by atoms with Gasteiger partial charge in [0.1, 0.15) is 29.1 Å². The van der Waals surface area contributed by atoms with E-state index in [1.54, 1.807) is 76.2 Å². The van der Waals surface area contributed by atoms with E-state index in [0.717, 1.165) is 94.4 Å². The van der Waals surface area contributed by atoms with Gasteiger partial charge in [-0.3, -0.25) is 46.8 Å². The zero-order chi connectivity index (χ0) is 105. The van der Waals surface area contributed by atoms with Gasteiger partial charge >= 0.3 is 6.18 Å². The number of benzene rings is 5. The van der Waals surface area contributed by atoms with Gasteiger partial charge in [-0.1, -0.05) is 151 Å². The zero-order valence-electron chi connectivity index (χ0n) is 82.7. The predicted octanol–water partition coefficient (Wildman–Crippen LogP) is 15.3. The van der Waals surface area contributed by atoms with Crippen molar-refractivity contribution in [3.8, 4) is 55.6 Å². The molecule has 10 aliphatic rings. The van der Waals surface area contributed by atoms with Crippen LogP contribution in [0.25, 0.3) is 55.6 Å².